The van der Waals surface area contributed by atoms with Gasteiger partial charge in [-0.2, -0.15) is 5.01 Å². The van der Waals surface area contributed by atoms with E-state index in [2.05, 4.69) is 10.1 Å². The largest absolute Gasteiger partial charge is 0.497 e. The number of fused-ring (bicyclic) bond motifs is 1. The van der Waals surface area contributed by atoms with E-state index in [0.717, 1.165) is 28.2 Å². The van der Waals surface area contributed by atoms with Crippen LogP contribution in [0.2, 0.25) is 0 Å². The van der Waals surface area contributed by atoms with Crippen LogP contribution in [0.15, 0.2) is 47.7 Å². The van der Waals surface area contributed by atoms with Gasteiger partial charge in [-0.1, -0.05) is 12.1 Å². The third kappa shape index (κ3) is 2.91. The van der Waals surface area contributed by atoms with Crippen LogP contribution < -0.4 is 4.74 Å². The highest BCUT2D eigenvalue weighted by molar-refractivity contribution is 5.96. The number of nitrogens with zero attached hydrogens (tertiary/aromatic N) is 4. The Bertz CT molecular complexity index is 1070. The molecule has 0 saturated heterocycles. The summed E-state index contributed by atoms with van der Waals surface area (Å²) in [5, 5.41) is 5.80. The predicted octanol–water partition coefficient (Wildman–Crippen LogP) is 3.20. The van der Waals surface area contributed by atoms with Gasteiger partial charge in [0.25, 0.3) is 5.90 Å². The second kappa shape index (κ2) is 6.42. The second-order valence-corrected chi connectivity index (χ2v) is 6.49. The minimum atomic E-state index is -0.650. The Hall–Kier alpha value is -3.35. The molecule has 0 spiro atoms. The number of pyridine rings is 1. The average molecular weight is 364 g/mol. The smallest absolute Gasteiger partial charge is 0.260 e. The molecule has 1 aromatic carbocycles. The lowest BCUT2D eigenvalue weighted by atomic mass is 10.2. The van der Waals surface area contributed by atoms with Gasteiger partial charge in [-0.25, -0.2) is 4.98 Å². The van der Waals surface area contributed by atoms with Crippen molar-refractivity contribution in [2.75, 3.05) is 7.11 Å². The Balaban J connectivity index is 1.78. The molecule has 0 saturated carbocycles. The molecule has 1 aliphatic rings. The van der Waals surface area contributed by atoms with Crippen molar-refractivity contribution >= 4 is 17.5 Å². The van der Waals surface area contributed by atoms with Crippen LogP contribution in [0.3, 0.4) is 0 Å². The normalized spacial score (nSPS) is 16.4. The Labute approximate surface area is 156 Å². The van der Waals surface area contributed by atoms with Crippen molar-refractivity contribution in [2.24, 2.45) is 5.10 Å². The number of hydrazone groups is 1. The van der Waals surface area contributed by atoms with E-state index in [1.165, 1.54) is 11.9 Å². The number of amides is 1. The Kier molecular flexibility index (Phi) is 4.07. The van der Waals surface area contributed by atoms with Gasteiger partial charge in [0.2, 0.25) is 12.1 Å². The molecule has 1 atom stereocenters. The summed E-state index contributed by atoms with van der Waals surface area (Å²) in [6, 6.07) is 11.4. The van der Waals surface area contributed by atoms with E-state index in [4.69, 9.17) is 9.47 Å². The zero-order valence-electron chi connectivity index (χ0n) is 15.6. The van der Waals surface area contributed by atoms with E-state index >= 15 is 0 Å². The number of hydrogen-bond donors (Lipinski definition) is 0. The summed E-state index contributed by atoms with van der Waals surface area (Å²) in [6.45, 7) is 5.39. The zero-order chi connectivity index (χ0) is 19.1. The van der Waals surface area contributed by atoms with Crippen LogP contribution in [0.1, 0.15) is 35.7 Å². The van der Waals surface area contributed by atoms with Gasteiger partial charge in [0.15, 0.2) is 0 Å². The number of benzene rings is 1. The third-order valence-corrected chi connectivity index (χ3v) is 4.50. The van der Waals surface area contributed by atoms with E-state index in [9.17, 15) is 4.79 Å². The molecule has 7 heteroatoms. The number of methoxy groups -OCH3 is 1. The first-order chi connectivity index (χ1) is 13.0. The van der Waals surface area contributed by atoms with Crippen molar-refractivity contribution in [1.82, 2.24) is 14.4 Å². The lowest BCUT2D eigenvalue weighted by molar-refractivity contribution is -0.135. The zero-order valence-corrected chi connectivity index (χ0v) is 15.6. The number of imidazole rings is 1. The minimum absolute atomic E-state index is 0.208. The van der Waals surface area contributed by atoms with Gasteiger partial charge in [-0.3, -0.25) is 9.20 Å². The van der Waals surface area contributed by atoms with Crippen LogP contribution in [0.5, 0.6) is 5.75 Å². The molecule has 3 heterocycles. The molecule has 0 radical (unpaired) electrons. The first kappa shape index (κ1) is 17.1. The van der Waals surface area contributed by atoms with E-state index in [-0.39, 0.29) is 5.91 Å². The van der Waals surface area contributed by atoms with Crippen LogP contribution in [0.4, 0.5) is 0 Å². The lowest BCUT2D eigenvalue weighted by Crippen LogP contribution is -2.25. The quantitative estimate of drug-likeness (QED) is 0.716. The number of hydrogen-bond acceptors (Lipinski definition) is 5. The van der Waals surface area contributed by atoms with Crippen molar-refractivity contribution in [2.45, 2.75) is 27.0 Å². The van der Waals surface area contributed by atoms with Crippen LogP contribution in [0.25, 0.3) is 5.65 Å². The molecule has 2 aromatic heterocycles. The van der Waals surface area contributed by atoms with Crippen LogP contribution >= 0.6 is 0 Å². The Morgan fingerprint density at radius 3 is 2.78 bits per heavy atom. The topological polar surface area (TPSA) is 68.4 Å². The van der Waals surface area contributed by atoms with Crippen molar-refractivity contribution in [1.29, 1.82) is 0 Å². The SMILES string of the molecule is COc1cccc([C@H]2OC(c3c(C)nc4cc(C)ccn34)=NN2C(C)=O)c1. The van der Waals surface area contributed by atoms with Gasteiger partial charge in [-0.15, -0.1) is 5.10 Å². The first-order valence-corrected chi connectivity index (χ1v) is 8.62. The van der Waals surface area contributed by atoms with Gasteiger partial charge >= 0.3 is 0 Å². The summed E-state index contributed by atoms with van der Waals surface area (Å²) in [5.74, 6) is 0.849. The van der Waals surface area contributed by atoms with Crippen LogP contribution in [-0.4, -0.2) is 33.3 Å². The first-order valence-electron chi connectivity index (χ1n) is 8.62. The molecule has 0 N–H and O–H groups in total. The monoisotopic (exact) mass is 364 g/mol. The Morgan fingerprint density at radius 2 is 2.04 bits per heavy atom. The van der Waals surface area contributed by atoms with Gasteiger partial charge in [0, 0.05) is 18.7 Å². The van der Waals surface area contributed by atoms with Crippen LogP contribution in [0, 0.1) is 13.8 Å². The fourth-order valence-electron chi connectivity index (χ4n) is 3.19. The molecule has 4 rings (SSSR count). The number of carbonyl (C=O) groups is 1. The summed E-state index contributed by atoms with van der Waals surface area (Å²) in [7, 11) is 1.60. The maximum Gasteiger partial charge on any atom is 0.260 e. The molecular formula is C20H20N4O3. The number of carbonyl (C=O) groups excluding carboxylic acids is 1. The molecule has 0 fully saturated rings. The van der Waals surface area contributed by atoms with Gasteiger partial charge in [0.1, 0.15) is 17.1 Å². The van der Waals surface area contributed by atoms with E-state index in [1.54, 1.807) is 7.11 Å². The van der Waals surface area contributed by atoms with Gasteiger partial charge in [-0.05, 0) is 43.7 Å². The highest BCUT2D eigenvalue weighted by Crippen LogP contribution is 2.32. The van der Waals surface area contributed by atoms with E-state index in [0.29, 0.717) is 11.6 Å². The molecule has 0 unspecified atom stereocenters. The summed E-state index contributed by atoms with van der Waals surface area (Å²) in [5.41, 5.74) is 4.24. The van der Waals surface area contributed by atoms with Gasteiger partial charge < -0.3 is 9.47 Å². The molecule has 7 nitrogen and oxygen atoms in total. The third-order valence-electron chi connectivity index (χ3n) is 4.50. The van der Waals surface area contributed by atoms with Crippen molar-refractivity contribution in [3.8, 4) is 5.75 Å². The highest BCUT2D eigenvalue weighted by atomic mass is 16.5. The molecule has 27 heavy (non-hydrogen) atoms. The molecule has 3 aromatic rings. The number of rotatable bonds is 3. The summed E-state index contributed by atoms with van der Waals surface area (Å²) < 4.78 is 13.3. The number of aromatic nitrogens is 2. The maximum absolute atomic E-state index is 12.2. The lowest BCUT2D eigenvalue weighted by Gasteiger charge is -2.19. The number of aryl methyl sites for hydroxylation is 2. The molecule has 0 aliphatic carbocycles. The molecular weight excluding hydrogens is 344 g/mol. The van der Waals surface area contributed by atoms with Crippen LogP contribution in [-0.2, 0) is 9.53 Å². The molecule has 0 bridgehead atoms. The van der Waals surface area contributed by atoms with Crippen molar-refractivity contribution < 1.29 is 14.3 Å². The summed E-state index contributed by atoms with van der Waals surface area (Å²) in [4.78, 5) is 16.8. The maximum atomic E-state index is 12.2. The van der Waals surface area contributed by atoms with E-state index in [1.807, 2.05) is 60.8 Å². The second-order valence-electron chi connectivity index (χ2n) is 6.49. The number of ether oxygens (including phenoxy) is 2. The summed E-state index contributed by atoms with van der Waals surface area (Å²) in [6.07, 6.45) is 1.28. The highest BCUT2D eigenvalue weighted by Gasteiger charge is 2.35. The molecule has 138 valence electrons. The Morgan fingerprint density at radius 1 is 1.22 bits per heavy atom. The minimum Gasteiger partial charge on any atom is -0.497 e. The van der Waals surface area contributed by atoms with Crippen molar-refractivity contribution in [3.05, 3.63) is 65.1 Å². The fraction of sp³-hybridized carbons (Fsp3) is 0.250. The fourth-order valence-corrected chi connectivity index (χ4v) is 3.19. The predicted molar refractivity (Wildman–Crippen MR) is 101 cm³/mol. The summed E-state index contributed by atoms with van der Waals surface area (Å²) >= 11 is 0. The molecule has 1 amide bonds. The molecule has 1 aliphatic heterocycles. The average Bonchev–Trinajstić information content (AvgIpc) is 3.21. The van der Waals surface area contributed by atoms with Gasteiger partial charge in [0.05, 0.1) is 12.8 Å². The van der Waals surface area contributed by atoms with E-state index < -0.39 is 6.23 Å². The van der Waals surface area contributed by atoms with Crippen molar-refractivity contribution in [3.63, 3.8) is 0 Å². The standard InChI is InChI=1S/C20H20N4O3/c1-12-8-9-23-17(10-12)21-13(2)18(23)19-22-24(14(3)25)20(27-19)15-6-5-7-16(11-15)26-4/h5-11,20H,1-4H3/t20-/m1/s1.